The molecule has 0 radical (unpaired) electrons. The molecule has 3 atom stereocenters. The van der Waals surface area contributed by atoms with E-state index in [1.807, 2.05) is 6.92 Å². The Morgan fingerprint density at radius 1 is 1.29 bits per heavy atom. The highest BCUT2D eigenvalue weighted by molar-refractivity contribution is 5.79. The second kappa shape index (κ2) is 6.77. The van der Waals surface area contributed by atoms with Crippen LogP contribution in [0, 0.1) is 11.8 Å². The van der Waals surface area contributed by atoms with Crippen molar-refractivity contribution in [3.8, 4) is 0 Å². The van der Waals surface area contributed by atoms with Gasteiger partial charge in [0, 0.05) is 6.42 Å². The zero-order valence-corrected chi connectivity index (χ0v) is 11.2. The minimum absolute atomic E-state index is 0.0724. The molecule has 3 nitrogen and oxygen atoms in total. The Bertz CT molecular complexity index is 273. The van der Waals surface area contributed by atoms with Crippen LogP contribution in [0.15, 0.2) is 0 Å². The van der Waals surface area contributed by atoms with E-state index in [2.05, 4.69) is 6.92 Å². The Morgan fingerprint density at radius 3 is 2.59 bits per heavy atom. The van der Waals surface area contributed by atoms with Gasteiger partial charge in [-0.15, -0.1) is 0 Å². The van der Waals surface area contributed by atoms with E-state index in [0.29, 0.717) is 12.3 Å². The second-order valence-corrected chi connectivity index (χ2v) is 5.27. The van der Waals surface area contributed by atoms with Gasteiger partial charge < -0.3 is 4.74 Å². The highest BCUT2D eigenvalue weighted by Crippen LogP contribution is 2.31. The first-order valence-electron chi connectivity index (χ1n) is 6.74. The number of hydrogen-bond donors (Lipinski definition) is 0. The van der Waals surface area contributed by atoms with Crippen LogP contribution in [0.5, 0.6) is 0 Å². The zero-order chi connectivity index (χ0) is 12.8. The molecule has 0 spiro atoms. The summed E-state index contributed by atoms with van der Waals surface area (Å²) in [7, 11) is 0. The van der Waals surface area contributed by atoms with Crippen molar-refractivity contribution in [2.45, 2.75) is 65.4 Å². The molecule has 1 aliphatic carbocycles. The van der Waals surface area contributed by atoms with Crippen LogP contribution in [0.1, 0.15) is 59.3 Å². The molecule has 0 heterocycles. The van der Waals surface area contributed by atoms with Crippen molar-refractivity contribution in [1.29, 1.82) is 0 Å². The summed E-state index contributed by atoms with van der Waals surface area (Å²) < 4.78 is 5.48. The van der Waals surface area contributed by atoms with E-state index in [-0.39, 0.29) is 23.8 Å². The smallest absolute Gasteiger partial charge is 0.306 e. The number of Topliss-reactive ketones (excluding diaryl/α,β-unsaturated/α-hetero) is 1. The lowest BCUT2D eigenvalue weighted by molar-refractivity contribution is -0.156. The Labute approximate surface area is 104 Å². The Morgan fingerprint density at radius 2 is 2.00 bits per heavy atom. The van der Waals surface area contributed by atoms with E-state index in [0.717, 1.165) is 32.1 Å². The average Bonchev–Trinajstić information content (AvgIpc) is 2.26. The first-order valence-corrected chi connectivity index (χ1v) is 6.74. The van der Waals surface area contributed by atoms with Crippen molar-refractivity contribution in [1.82, 2.24) is 0 Å². The summed E-state index contributed by atoms with van der Waals surface area (Å²) in [6, 6.07) is 0. The van der Waals surface area contributed by atoms with E-state index >= 15 is 0 Å². The van der Waals surface area contributed by atoms with Crippen LogP contribution in [0.3, 0.4) is 0 Å². The van der Waals surface area contributed by atoms with Crippen molar-refractivity contribution in [2.24, 2.45) is 11.8 Å². The number of esters is 1. The molecule has 1 aliphatic rings. The van der Waals surface area contributed by atoms with Crippen LogP contribution < -0.4 is 0 Å². The summed E-state index contributed by atoms with van der Waals surface area (Å²) in [5, 5.41) is 0. The summed E-state index contributed by atoms with van der Waals surface area (Å²) >= 11 is 0. The molecule has 1 rings (SSSR count). The van der Waals surface area contributed by atoms with Crippen molar-refractivity contribution >= 4 is 11.8 Å². The van der Waals surface area contributed by atoms with Gasteiger partial charge in [-0.25, -0.2) is 0 Å². The number of hydrogen-bond acceptors (Lipinski definition) is 3. The van der Waals surface area contributed by atoms with Gasteiger partial charge in [0.05, 0.1) is 5.92 Å². The molecule has 0 aromatic rings. The molecule has 17 heavy (non-hydrogen) atoms. The fourth-order valence-corrected chi connectivity index (χ4v) is 2.47. The molecule has 0 N–H and O–H groups in total. The van der Waals surface area contributed by atoms with Crippen molar-refractivity contribution in [3.63, 3.8) is 0 Å². The van der Waals surface area contributed by atoms with Gasteiger partial charge in [0.2, 0.25) is 0 Å². The maximum absolute atomic E-state index is 11.6. The minimum atomic E-state index is -0.180. The molecule has 0 aromatic heterocycles. The van der Waals surface area contributed by atoms with E-state index in [9.17, 15) is 9.59 Å². The number of carbonyl (C=O) groups excluding carboxylic acids is 2. The van der Waals surface area contributed by atoms with Crippen LogP contribution in [-0.2, 0) is 14.3 Å². The standard InChI is InChI=1S/C14H24O3/c1-4-5-6-14(16)17-13-9-10(2)7-8-12(13)11(3)15/h10,12-13H,4-9H2,1-3H3. The van der Waals surface area contributed by atoms with Crippen LogP contribution >= 0.6 is 0 Å². The Hall–Kier alpha value is -0.860. The molecule has 0 saturated heterocycles. The highest BCUT2D eigenvalue weighted by atomic mass is 16.5. The van der Waals surface area contributed by atoms with Gasteiger partial charge in [-0.1, -0.05) is 20.3 Å². The van der Waals surface area contributed by atoms with Gasteiger partial charge in [0.15, 0.2) is 0 Å². The van der Waals surface area contributed by atoms with Gasteiger partial charge >= 0.3 is 5.97 Å². The quantitative estimate of drug-likeness (QED) is 0.693. The summed E-state index contributed by atoms with van der Waals surface area (Å²) in [4.78, 5) is 23.1. The van der Waals surface area contributed by atoms with Gasteiger partial charge in [-0.3, -0.25) is 9.59 Å². The summed E-state index contributed by atoms with van der Waals surface area (Å²) in [5.74, 6) is 0.494. The van der Waals surface area contributed by atoms with Crippen molar-refractivity contribution in [3.05, 3.63) is 0 Å². The molecule has 0 aliphatic heterocycles. The summed E-state index contributed by atoms with van der Waals surface area (Å²) in [6.07, 6.45) is 4.92. The second-order valence-electron chi connectivity index (χ2n) is 5.27. The lowest BCUT2D eigenvalue weighted by Crippen LogP contribution is -2.36. The maximum Gasteiger partial charge on any atom is 0.306 e. The minimum Gasteiger partial charge on any atom is -0.462 e. The number of rotatable bonds is 5. The van der Waals surface area contributed by atoms with Gasteiger partial charge in [-0.05, 0) is 38.5 Å². The molecule has 1 saturated carbocycles. The number of ether oxygens (including phenoxy) is 1. The first kappa shape index (κ1) is 14.2. The first-order chi connectivity index (χ1) is 8.04. The van der Waals surface area contributed by atoms with Crippen LogP contribution in [0.2, 0.25) is 0 Å². The van der Waals surface area contributed by atoms with Crippen LogP contribution in [0.4, 0.5) is 0 Å². The third-order valence-electron chi connectivity index (χ3n) is 3.59. The van der Waals surface area contributed by atoms with Crippen molar-refractivity contribution in [2.75, 3.05) is 0 Å². The largest absolute Gasteiger partial charge is 0.462 e. The predicted octanol–water partition coefficient (Wildman–Crippen LogP) is 3.11. The molecule has 0 amide bonds. The lowest BCUT2D eigenvalue weighted by atomic mass is 9.79. The van der Waals surface area contributed by atoms with Crippen LogP contribution in [0.25, 0.3) is 0 Å². The van der Waals surface area contributed by atoms with E-state index in [1.54, 1.807) is 6.92 Å². The van der Waals surface area contributed by atoms with Gasteiger partial charge in [0.1, 0.15) is 11.9 Å². The normalized spacial score (nSPS) is 28.8. The molecule has 3 heteroatoms. The number of unbranched alkanes of at least 4 members (excludes halogenated alkanes) is 1. The molecular weight excluding hydrogens is 216 g/mol. The molecule has 0 aromatic carbocycles. The third-order valence-corrected chi connectivity index (χ3v) is 3.59. The SMILES string of the molecule is CCCCC(=O)OC1CC(C)CCC1C(C)=O. The number of ketones is 1. The Kier molecular flexibility index (Phi) is 5.66. The summed E-state index contributed by atoms with van der Waals surface area (Å²) in [5.41, 5.74) is 0. The monoisotopic (exact) mass is 240 g/mol. The lowest BCUT2D eigenvalue weighted by Gasteiger charge is -2.32. The van der Waals surface area contributed by atoms with E-state index < -0.39 is 0 Å². The van der Waals surface area contributed by atoms with Gasteiger partial charge in [0.25, 0.3) is 0 Å². The molecule has 3 unspecified atom stereocenters. The molecule has 1 fully saturated rings. The fraction of sp³-hybridized carbons (Fsp3) is 0.857. The molecule has 98 valence electrons. The molecule has 0 bridgehead atoms. The van der Waals surface area contributed by atoms with E-state index in [1.165, 1.54) is 0 Å². The summed E-state index contributed by atoms with van der Waals surface area (Å²) in [6.45, 7) is 5.81. The Balaban J connectivity index is 2.51. The molecular formula is C14H24O3. The van der Waals surface area contributed by atoms with Gasteiger partial charge in [-0.2, -0.15) is 0 Å². The third kappa shape index (κ3) is 4.49. The van der Waals surface area contributed by atoms with Crippen LogP contribution in [-0.4, -0.2) is 17.9 Å². The average molecular weight is 240 g/mol. The maximum atomic E-state index is 11.6. The van der Waals surface area contributed by atoms with E-state index in [4.69, 9.17) is 4.74 Å². The number of carbonyl (C=O) groups is 2. The highest BCUT2D eigenvalue weighted by Gasteiger charge is 2.34. The topological polar surface area (TPSA) is 43.4 Å². The fourth-order valence-electron chi connectivity index (χ4n) is 2.47. The zero-order valence-electron chi connectivity index (χ0n) is 11.2. The van der Waals surface area contributed by atoms with Crippen molar-refractivity contribution < 1.29 is 14.3 Å². The predicted molar refractivity (Wildman–Crippen MR) is 66.6 cm³/mol.